The van der Waals surface area contributed by atoms with E-state index in [1.807, 2.05) is 55.5 Å². The fraction of sp³-hybridized carbons (Fsp3) is 0.227. The second kappa shape index (κ2) is 7.91. The van der Waals surface area contributed by atoms with Gasteiger partial charge in [-0.3, -0.25) is 4.79 Å². The van der Waals surface area contributed by atoms with E-state index in [0.29, 0.717) is 5.39 Å². The molecule has 0 heterocycles. The van der Waals surface area contributed by atoms with E-state index in [9.17, 15) is 9.90 Å². The number of para-hydroxylation sites is 1. The van der Waals surface area contributed by atoms with Gasteiger partial charge >= 0.3 is 0 Å². The van der Waals surface area contributed by atoms with Gasteiger partial charge in [0.05, 0.1) is 5.56 Å². The number of hydrogen-bond acceptors (Lipinski definition) is 3. The van der Waals surface area contributed by atoms with Crippen LogP contribution in [0.25, 0.3) is 10.8 Å². The Morgan fingerprint density at radius 1 is 0.962 bits per heavy atom. The fourth-order valence-corrected chi connectivity index (χ4v) is 2.98. The number of rotatable bonds is 6. The maximum atomic E-state index is 12.6. The van der Waals surface area contributed by atoms with Crippen molar-refractivity contribution in [3.63, 3.8) is 0 Å². The number of carbonyl (C=O) groups is 1. The Morgan fingerprint density at radius 2 is 1.73 bits per heavy atom. The van der Waals surface area contributed by atoms with E-state index in [2.05, 4.69) is 17.6 Å². The summed E-state index contributed by atoms with van der Waals surface area (Å²) >= 11 is 0. The average molecular weight is 348 g/mol. The van der Waals surface area contributed by atoms with Gasteiger partial charge in [-0.25, -0.2) is 0 Å². The van der Waals surface area contributed by atoms with Gasteiger partial charge in [-0.1, -0.05) is 49.7 Å². The van der Waals surface area contributed by atoms with Crippen LogP contribution in [0.2, 0.25) is 0 Å². The molecule has 0 unspecified atom stereocenters. The van der Waals surface area contributed by atoms with Crippen LogP contribution in [-0.4, -0.2) is 17.6 Å². The Morgan fingerprint density at radius 3 is 2.50 bits per heavy atom. The van der Waals surface area contributed by atoms with Gasteiger partial charge in [-0.2, -0.15) is 0 Å². The summed E-state index contributed by atoms with van der Waals surface area (Å²) in [6, 6.07) is 16.9. The molecule has 3 aromatic rings. The highest BCUT2D eigenvalue weighted by Gasteiger charge is 2.16. The monoisotopic (exact) mass is 348 g/mol. The molecule has 26 heavy (non-hydrogen) atoms. The molecule has 3 N–H and O–H groups in total. The van der Waals surface area contributed by atoms with Gasteiger partial charge in [0.2, 0.25) is 0 Å². The first kappa shape index (κ1) is 17.8. The van der Waals surface area contributed by atoms with Crippen LogP contribution in [0.3, 0.4) is 0 Å². The first-order valence-electron chi connectivity index (χ1n) is 8.97. The van der Waals surface area contributed by atoms with Gasteiger partial charge in [0.15, 0.2) is 0 Å². The minimum atomic E-state index is -0.317. The minimum Gasteiger partial charge on any atom is -0.506 e. The van der Waals surface area contributed by atoms with E-state index in [-0.39, 0.29) is 17.2 Å². The van der Waals surface area contributed by atoms with Crippen molar-refractivity contribution in [2.75, 3.05) is 17.2 Å². The third-order valence-electron chi connectivity index (χ3n) is 4.52. The Balaban J connectivity index is 1.92. The second-order valence-electron chi connectivity index (χ2n) is 6.41. The smallest absolute Gasteiger partial charge is 0.259 e. The third kappa shape index (κ3) is 3.64. The molecule has 0 atom stereocenters. The molecule has 0 aliphatic rings. The number of amides is 1. The zero-order chi connectivity index (χ0) is 18.5. The molecule has 0 aliphatic carbocycles. The summed E-state index contributed by atoms with van der Waals surface area (Å²) in [6.45, 7) is 4.96. The molecule has 3 aromatic carbocycles. The number of unbranched alkanes of at least 4 members (excludes halogenated alkanes) is 1. The number of hydrogen-bond donors (Lipinski definition) is 3. The molecule has 4 nitrogen and oxygen atoms in total. The summed E-state index contributed by atoms with van der Waals surface area (Å²) in [5, 5.41) is 18.5. The third-order valence-corrected chi connectivity index (χ3v) is 4.52. The molecule has 4 heteroatoms. The van der Waals surface area contributed by atoms with Crippen LogP contribution in [0.5, 0.6) is 5.75 Å². The van der Waals surface area contributed by atoms with Crippen molar-refractivity contribution < 1.29 is 9.90 Å². The Hall–Kier alpha value is -3.01. The molecule has 3 rings (SSSR count). The van der Waals surface area contributed by atoms with Crippen molar-refractivity contribution in [3.05, 3.63) is 65.7 Å². The lowest BCUT2D eigenvalue weighted by Gasteiger charge is -2.13. The zero-order valence-electron chi connectivity index (χ0n) is 15.2. The standard InChI is InChI=1S/C22H24N2O2/c1-3-4-14-23-20-11-7-9-17-16(20)12-13-18(21(17)25)22(26)24-19-10-6-5-8-15(19)2/h5-13,23,25H,3-4,14H2,1-2H3,(H,24,26). The highest BCUT2D eigenvalue weighted by atomic mass is 16.3. The number of aromatic hydroxyl groups is 1. The summed E-state index contributed by atoms with van der Waals surface area (Å²) in [7, 11) is 0. The number of carbonyl (C=O) groups excluding carboxylic acids is 1. The molecule has 0 aliphatic heterocycles. The number of anilines is 2. The number of phenols is 1. The number of aryl methyl sites for hydroxylation is 1. The van der Waals surface area contributed by atoms with Gasteiger partial charge in [0.1, 0.15) is 5.75 Å². The van der Waals surface area contributed by atoms with Crippen molar-refractivity contribution in [3.8, 4) is 5.75 Å². The van der Waals surface area contributed by atoms with E-state index in [0.717, 1.165) is 41.7 Å². The van der Waals surface area contributed by atoms with Crippen molar-refractivity contribution in [2.45, 2.75) is 26.7 Å². The predicted octanol–water partition coefficient (Wildman–Crippen LogP) is 5.32. The van der Waals surface area contributed by atoms with Crippen molar-refractivity contribution in [1.82, 2.24) is 0 Å². The molecule has 134 valence electrons. The molecule has 0 saturated carbocycles. The molecule has 0 saturated heterocycles. The van der Waals surface area contributed by atoms with Crippen LogP contribution in [0, 0.1) is 6.92 Å². The SMILES string of the molecule is CCCCNc1cccc2c(O)c(C(=O)Nc3ccccc3C)ccc12. The fourth-order valence-electron chi connectivity index (χ4n) is 2.98. The predicted molar refractivity (Wildman–Crippen MR) is 108 cm³/mol. The molecule has 1 amide bonds. The van der Waals surface area contributed by atoms with Gasteiger partial charge in [-0.15, -0.1) is 0 Å². The lowest BCUT2D eigenvalue weighted by atomic mass is 10.0. The first-order chi connectivity index (χ1) is 12.6. The highest BCUT2D eigenvalue weighted by molar-refractivity contribution is 6.11. The highest BCUT2D eigenvalue weighted by Crippen LogP contribution is 2.33. The molecule has 0 radical (unpaired) electrons. The van der Waals surface area contributed by atoms with Crippen LogP contribution in [0.1, 0.15) is 35.7 Å². The molecule has 0 bridgehead atoms. The number of fused-ring (bicyclic) bond motifs is 1. The van der Waals surface area contributed by atoms with Crippen LogP contribution in [-0.2, 0) is 0 Å². The number of benzene rings is 3. The van der Waals surface area contributed by atoms with E-state index in [4.69, 9.17) is 0 Å². The van der Waals surface area contributed by atoms with Crippen molar-refractivity contribution in [2.24, 2.45) is 0 Å². The van der Waals surface area contributed by atoms with Crippen LogP contribution >= 0.6 is 0 Å². The van der Waals surface area contributed by atoms with Crippen LogP contribution in [0.15, 0.2) is 54.6 Å². The molecular weight excluding hydrogens is 324 g/mol. The van der Waals surface area contributed by atoms with Gasteiger partial charge in [0, 0.05) is 28.7 Å². The van der Waals surface area contributed by atoms with Crippen LogP contribution in [0.4, 0.5) is 11.4 Å². The quantitative estimate of drug-likeness (QED) is 0.528. The average Bonchev–Trinajstić information content (AvgIpc) is 2.64. The van der Waals surface area contributed by atoms with Crippen LogP contribution < -0.4 is 10.6 Å². The summed E-state index contributed by atoms with van der Waals surface area (Å²) in [5.41, 5.74) is 2.96. The molecule has 0 aromatic heterocycles. The number of phenolic OH excluding ortho intramolecular Hbond substituents is 1. The van der Waals surface area contributed by atoms with Gasteiger partial charge < -0.3 is 15.7 Å². The Bertz CT molecular complexity index is 935. The first-order valence-corrected chi connectivity index (χ1v) is 8.97. The number of nitrogens with one attached hydrogen (secondary N) is 2. The van der Waals surface area contributed by atoms with E-state index in [1.54, 1.807) is 6.07 Å². The Labute approximate surface area is 153 Å². The maximum absolute atomic E-state index is 12.6. The summed E-state index contributed by atoms with van der Waals surface area (Å²) in [4.78, 5) is 12.6. The van der Waals surface area contributed by atoms with E-state index < -0.39 is 0 Å². The largest absolute Gasteiger partial charge is 0.506 e. The minimum absolute atomic E-state index is 0.00715. The van der Waals surface area contributed by atoms with Crippen molar-refractivity contribution in [1.29, 1.82) is 0 Å². The second-order valence-corrected chi connectivity index (χ2v) is 6.41. The lowest BCUT2D eigenvalue weighted by Crippen LogP contribution is -2.13. The maximum Gasteiger partial charge on any atom is 0.259 e. The van der Waals surface area contributed by atoms with Gasteiger partial charge in [-0.05, 0) is 37.1 Å². The summed E-state index contributed by atoms with van der Waals surface area (Å²) in [6.07, 6.45) is 2.20. The topological polar surface area (TPSA) is 61.4 Å². The Kier molecular flexibility index (Phi) is 5.42. The van der Waals surface area contributed by atoms with E-state index >= 15 is 0 Å². The van der Waals surface area contributed by atoms with Crippen molar-refractivity contribution >= 4 is 28.1 Å². The van der Waals surface area contributed by atoms with E-state index in [1.165, 1.54) is 0 Å². The summed E-state index contributed by atoms with van der Waals surface area (Å²) in [5.74, 6) is -0.309. The summed E-state index contributed by atoms with van der Waals surface area (Å²) < 4.78 is 0. The molecule has 0 spiro atoms. The molecule has 0 fully saturated rings. The molecular formula is C22H24N2O2. The zero-order valence-corrected chi connectivity index (χ0v) is 15.2. The van der Waals surface area contributed by atoms with Gasteiger partial charge in [0.25, 0.3) is 5.91 Å². The lowest BCUT2D eigenvalue weighted by molar-refractivity contribution is 0.102. The normalized spacial score (nSPS) is 10.7.